The van der Waals surface area contributed by atoms with Gasteiger partial charge in [-0.25, -0.2) is 0 Å². The molecule has 0 aliphatic carbocycles. The summed E-state index contributed by atoms with van der Waals surface area (Å²) in [6.07, 6.45) is 1.13. The zero-order chi connectivity index (χ0) is 22.4. The number of aliphatic hydroxyl groups excluding tert-OH is 1. The Balaban J connectivity index is 1.47. The number of ether oxygens (including phenoxy) is 2. The number of benzene rings is 2. The maximum atomic E-state index is 11.3. The van der Waals surface area contributed by atoms with E-state index in [4.69, 9.17) is 32.7 Å². The Bertz CT molecular complexity index is 888. The van der Waals surface area contributed by atoms with E-state index in [1.54, 1.807) is 24.3 Å². The second-order valence-electron chi connectivity index (χ2n) is 7.73. The number of carbonyl (C=O) groups is 1. The maximum absolute atomic E-state index is 11.3. The Morgan fingerprint density at radius 1 is 1.19 bits per heavy atom. The van der Waals surface area contributed by atoms with E-state index >= 15 is 0 Å². The maximum Gasteiger partial charge on any atom is 0.221 e. The van der Waals surface area contributed by atoms with E-state index in [0.717, 1.165) is 25.9 Å². The van der Waals surface area contributed by atoms with E-state index in [1.165, 1.54) is 6.92 Å². The van der Waals surface area contributed by atoms with Gasteiger partial charge in [0.05, 0.1) is 15.7 Å². The number of aliphatic hydroxyl groups is 1. The Kier molecular flexibility index (Phi) is 8.43. The largest absolute Gasteiger partial charge is 0.490 e. The highest BCUT2D eigenvalue weighted by atomic mass is 35.5. The molecule has 1 heterocycles. The summed E-state index contributed by atoms with van der Waals surface area (Å²) < 4.78 is 11.8. The number of hydrogen-bond acceptors (Lipinski definition) is 5. The highest BCUT2D eigenvalue weighted by molar-refractivity contribution is 6.42. The first kappa shape index (κ1) is 23.7. The molecule has 31 heavy (non-hydrogen) atoms. The molecule has 2 N–H and O–H groups in total. The van der Waals surface area contributed by atoms with Crippen molar-refractivity contribution >= 4 is 34.8 Å². The molecule has 1 amide bonds. The monoisotopic (exact) mass is 466 g/mol. The molecule has 8 heteroatoms. The van der Waals surface area contributed by atoms with Crippen LogP contribution in [0.4, 0.5) is 5.69 Å². The quantitative estimate of drug-likeness (QED) is 0.593. The summed E-state index contributed by atoms with van der Waals surface area (Å²) in [5.74, 6) is 1.08. The summed E-state index contributed by atoms with van der Waals surface area (Å²) in [5, 5.41) is 14.4. The lowest BCUT2D eigenvalue weighted by Gasteiger charge is -2.37. The second-order valence-corrected chi connectivity index (χ2v) is 8.54. The van der Waals surface area contributed by atoms with Crippen LogP contribution in [0.2, 0.25) is 10.0 Å². The lowest BCUT2D eigenvalue weighted by Crippen LogP contribution is -2.49. The van der Waals surface area contributed by atoms with Crippen LogP contribution in [0.15, 0.2) is 42.5 Å². The van der Waals surface area contributed by atoms with E-state index in [2.05, 4.69) is 10.2 Å². The zero-order valence-electron chi connectivity index (χ0n) is 17.7. The molecule has 2 aromatic carbocycles. The topological polar surface area (TPSA) is 71.0 Å². The molecule has 1 aliphatic rings. The van der Waals surface area contributed by atoms with Crippen LogP contribution in [-0.4, -0.2) is 53.9 Å². The van der Waals surface area contributed by atoms with E-state index in [0.29, 0.717) is 27.2 Å². The van der Waals surface area contributed by atoms with Crippen molar-refractivity contribution < 1.29 is 19.4 Å². The molecule has 0 aromatic heterocycles. The highest BCUT2D eigenvalue weighted by Gasteiger charge is 2.28. The third kappa shape index (κ3) is 6.74. The lowest BCUT2D eigenvalue weighted by atomic mass is 10.0. The number of nitrogens with one attached hydrogen (secondary N) is 1. The zero-order valence-corrected chi connectivity index (χ0v) is 19.2. The third-order valence-corrected chi connectivity index (χ3v) is 6.15. The number of rotatable bonds is 8. The minimum Gasteiger partial charge on any atom is -0.490 e. The highest BCUT2D eigenvalue weighted by Crippen LogP contribution is 2.29. The lowest BCUT2D eigenvalue weighted by molar-refractivity contribution is -0.114. The fourth-order valence-corrected chi connectivity index (χ4v) is 3.87. The molecule has 3 rings (SSSR count). The summed E-state index contributed by atoms with van der Waals surface area (Å²) in [5.41, 5.74) is 0.593. The van der Waals surface area contributed by atoms with E-state index in [9.17, 15) is 9.90 Å². The van der Waals surface area contributed by atoms with E-state index in [-0.39, 0.29) is 24.7 Å². The molecule has 0 radical (unpaired) electrons. The normalized spacial score (nSPS) is 17.1. The number of halogens is 2. The van der Waals surface area contributed by atoms with Crippen LogP contribution in [0.25, 0.3) is 0 Å². The average molecular weight is 467 g/mol. The number of piperidine rings is 1. The first-order valence-corrected chi connectivity index (χ1v) is 11.1. The van der Waals surface area contributed by atoms with Crippen LogP contribution in [0.3, 0.4) is 0 Å². The number of nitrogens with zero attached hydrogens (tertiary/aromatic N) is 1. The smallest absolute Gasteiger partial charge is 0.221 e. The van der Waals surface area contributed by atoms with E-state index in [1.807, 2.05) is 25.1 Å². The molecule has 0 spiro atoms. The number of hydrogen-bond donors (Lipinski definition) is 2. The van der Waals surface area contributed by atoms with Crippen molar-refractivity contribution in [1.29, 1.82) is 0 Å². The summed E-state index contributed by atoms with van der Waals surface area (Å²) in [4.78, 5) is 13.6. The fourth-order valence-electron chi connectivity index (χ4n) is 3.59. The van der Waals surface area contributed by atoms with Crippen LogP contribution in [-0.2, 0) is 4.79 Å². The molecular formula is C23H28Cl2N2O4. The molecule has 0 saturated carbocycles. The van der Waals surface area contributed by atoms with Crippen molar-refractivity contribution in [2.75, 3.05) is 25.0 Å². The molecule has 2 aromatic rings. The van der Waals surface area contributed by atoms with Gasteiger partial charge in [0.25, 0.3) is 0 Å². The number of para-hydroxylation sites is 2. The van der Waals surface area contributed by atoms with Gasteiger partial charge in [-0.3, -0.25) is 9.69 Å². The first-order chi connectivity index (χ1) is 14.8. The molecule has 2 atom stereocenters. The Morgan fingerprint density at radius 2 is 1.90 bits per heavy atom. The molecule has 1 aliphatic heterocycles. The number of amides is 1. The van der Waals surface area contributed by atoms with Crippen LogP contribution in [0.5, 0.6) is 11.5 Å². The van der Waals surface area contributed by atoms with Gasteiger partial charge in [0.15, 0.2) is 0 Å². The summed E-state index contributed by atoms with van der Waals surface area (Å²) in [7, 11) is 0. The summed E-state index contributed by atoms with van der Waals surface area (Å²) in [6.45, 7) is 5.20. The van der Waals surface area contributed by atoms with Crippen molar-refractivity contribution in [2.24, 2.45) is 0 Å². The molecular weight excluding hydrogens is 439 g/mol. The Labute approximate surface area is 193 Å². The van der Waals surface area contributed by atoms with Gasteiger partial charge in [-0.05, 0) is 44.0 Å². The van der Waals surface area contributed by atoms with Crippen molar-refractivity contribution in [1.82, 2.24) is 4.90 Å². The molecule has 0 bridgehead atoms. The number of anilines is 1. The van der Waals surface area contributed by atoms with E-state index < -0.39 is 6.10 Å². The van der Waals surface area contributed by atoms with Gasteiger partial charge in [-0.1, -0.05) is 35.3 Å². The van der Waals surface area contributed by atoms with Crippen molar-refractivity contribution in [3.63, 3.8) is 0 Å². The summed E-state index contributed by atoms with van der Waals surface area (Å²) >= 11 is 12.0. The van der Waals surface area contributed by atoms with Gasteiger partial charge < -0.3 is 19.9 Å². The second kappa shape index (κ2) is 11.0. The van der Waals surface area contributed by atoms with Crippen molar-refractivity contribution in [2.45, 2.75) is 44.9 Å². The van der Waals surface area contributed by atoms with Gasteiger partial charge >= 0.3 is 0 Å². The van der Waals surface area contributed by atoms with Gasteiger partial charge in [0, 0.05) is 32.1 Å². The summed E-state index contributed by atoms with van der Waals surface area (Å²) in [6, 6.07) is 12.4. The third-order valence-electron chi connectivity index (χ3n) is 5.41. The Morgan fingerprint density at radius 3 is 2.58 bits per heavy atom. The minimum absolute atomic E-state index is 0.0705. The molecule has 1 fully saturated rings. The minimum atomic E-state index is -0.669. The number of likely N-dealkylation sites (tertiary alicyclic amines) is 1. The fraction of sp³-hybridized carbons (Fsp3) is 0.435. The van der Waals surface area contributed by atoms with Gasteiger partial charge in [-0.2, -0.15) is 0 Å². The van der Waals surface area contributed by atoms with Crippen LogP contribution in [0, 0.1) is 0 Å². The SMILES string of the molecule is CC(=O)Nc1ccccc1OC[C@H](O)[C@@H](C)N1CCC(Oc2ccc(Cl)c(Cl)c2)CC1. The standard InChI is InChI=1S/C23H28Cl2N2O4/c1-15(22(29)14-30-23-6-4-3-5-21(23)26-16(2)28)27-11-9-17(10-12-27)31-18-7-8-19(24)20(25)13-18/h3-8,13,15,17,22,29H,9-12,14H2,1-2H3,(H,26,28)/t15-,22+/m1/s1. The van der Waals surface area contributed by atoms with Crippen LogP contribution in [0.1, 0.15) is 26.7 Å². The molecule has 1 saturated heterocycles. The molecule has 168 valence electrons. The molecule has 6 nitrogen and oxygen atoms in total. The Hall–Kier alpha value is -1.99. The molecule has 0 unspecified atom stereocenters. The van der Waals surface area contributed by atoms with Crippen molar-refractivity contribution in [3.8, 4) is 11.5 Å². The van der Waals surface area contributed by atoms with Crippen LogP contribution >= 0.6 is 23.2 Å². The van der Waals surface area contributed by atoms with Gasteiger partial charge in [0.2, 0.25) is 5.91 Å². The number of carbonyl (C=O) groups excluding carboxylic acids is 1. The predicted molar refractivity (Wildman–Crippen MR) is 123 cm³/mol. The average Bonchev–Trinajstić information content (AvgIpc) is 2.75. The first-order valence-electron chi connectivity index (χ1n) is 10.4. The van der Waals surface area contributed by atoms with Gasteiger partial charge in [0.1, 0.15) is 30.3 Å². The van der Waals surface area contributed by atoms with Gasteiger partial charge in [-0.15, -0.1) is 0 Å². The predicted octanol–water partition coefficient (Wildman–Crippen LogP) is 4.62. The van der Waals surface area contributed by atoms with Crippen LogP contribution < -0.4 is 14.8 Å². The van der Waals surface area contributed by atoms with Crippen molar-refractivity contribution in [3.05, 3.63) is 52.5 Å².